The van der Waals surface area contributed by atoms with Crippen molar-refractivity contribution >= 4 is 39.2 Å². The standard InChI is InChI=1S/C11H9BrFN5S/c1-17-5-14-10(16-17)4-18-9-2-6(12)7(13)3-8(9)15-11(18)19/h2-3,5H,4H2,1H3,(H,15,19). The van der Waals surface area contributed by atoms with Gasteiger partial charge in [0.1, 0.15) is 12.1 Å². The topological polar surface area (TPSA) is 51.4 Å². The first-order valence-corrected chi connectivity index (χ1v) is 6.67. The van der Waals surface area contributed by atoms with Crippen LogP contribution in [0, 0.1) is 10.6 Å². The molecule has 0 saturated carbocycles. The molecule has 2 aromatic heterocycles. The molecule has 0 radical (unpaired) electrons. The molecule has 0 fully saturated rings. The number of nitrogens with one attached hydrogen (secondary N) is 1. The van der Waals surface area contributed by atoms with E-state index in [1.165, 1.54) is 6.07 Å². The molecule has 0 unspecified atom stereocenters. The van der Waals surface area contributed by atoms with Crippen molar-refractivity contribution in [1.29, 1.82) is 0 Å². The molecule has 0 aliphatic rings. The van der Waals surface area contributed by atoms with Gasteiger partial charge in [-0.25, -0.2) is 9.37 Å². The van der Waals surface area contributed by atoms with Crippen LogP contribution in [0.15, 0.2) is 22.9 Å². The van der Waals surface area contributed by atoms with E-state index in [0.717, 1.165) is 5.52 Å². The first-order valence-electron chi connectivity index (χ1n) is 5.46. The van der Waals surface area contributed by atoms with Gasteiger partial charge >= 0.3 is 0 Å². The molecule has 0 saturated heterocycles. The van der Waals surface area contributed by atoms with Gasteiger partial charge in [-0.2, -0.15) is 5.10 Å². The average Bonchev–Trinajstić information content (AvgIpc) is 2.87. The van der Waals surface area contributed by atoms with Gasteiger partial charge in [-0.1, -0.05) is 0 Å². The third-order valence-corrected chi connectivity index (χ3v) is 3.69. The second-order valence-electron chi connectivity index (χ2n) is 4.13. The highest BCUT2D eigenvalue weighted by atomic mass is 79.9. The number of halogens is 2. The van der Waals surface area contributed by atoms with Crippen LogP contribution in [0.2, 0.25) is 0 Å². The number of aryl methyl sites for hydroxylation is 1. The lowest BCUT2D eigenvalue weighted by Gasteiger charge is -2.02. The van der Waals surface area contributed by atoms with E-state index in [2.05, 4.69) is 31.0 Å². The zero-order valence-electron chi connectivity index (χ0n) is 9.89. The average molecular weight is 342 g/mol. The minimum absolute atomic E-state index is 0.327. The van der Waals surface area contributed by atoms with Crippen LogP contribution in [0.5, 0.6) is 0 Å². The van der Waals surface area contributed by atoms with Gasteiger partial charge in [0.25, 0.3) is 0 Å². The van der Waals surface area contributed by atoms with Crippen LogP contribution in [-0.2, 0) is 13.6 Å². The highest BCUT2D eigenvalue weighted by Crippen LogP contribution is 2.23. The molecule has 0 spiro atoms. The van der Waals surface area contributed by atoms with Gasteiger partial charge in [-0.05, 0) is 34.2 Å². The number of rotatable bonds is 2. The number of imidazole rings is 1. The summed E-state index contributed by atoms with van der Waals surface area (Å²) in [4.78, 5) is 7.14. The van der Waals surface area contributed by atoms with Gasteiger partial charge in [0.2, 0.25) is 0 Å². The van der Waals surface area contributed by atoms with Crippen LogP contribution in [0.4, 0.5) is 4.39 Å². The Balaban J connectivity index is 2.15. The van der Waals surface area contributed by atoms with E-state index in [0.29, 0.717) is 27.1 Å². The van der Waals surface area contributed by atoms with E-state index in [4.69, 9.17) is 12.2 Å². The van der Waals surface area contributed by atoms with Gasteiger partial charge < -0.3 is 9.55 Å². The number of benzene rings is 1. The van der Waals surface area contributed by atoms with Gasteiger partial charge in [0, 0.05) is 13.1 Å². The van der Waals surface area contributed by atoms with Crippen LogP contribution in [0.25, 0.3) is 11.0 Å². The molecule has 0 bridgehead atoms. The number of aromatic nitrogens is 5. The number of fused-ring (bicyclic) bond motifs is 1. The highest BCUT2D eigenvalue weighted by Gasteiger charge is 2.10. The molecule has 0 aliphatic carbocycles. The summed E-state index contributed by atoms with van der Waals surface area (Å²) in [6.07, 6.45) is 1.63. The molecule has 8 heteroatoms. The van der Waals surface area contributed by atoms with E-state index in [9.17, 15) is 4.39 Å². The second-order valence-corrected chi connectivity index (χ2v) is 5.38. The van der Waals surface area contributed by atoms with Crippen molar-refractivity contribution in [2.75, 3.05) is 0 Å². The smallest absolute Gasteiger partial charge is 0.178 e. The Hall–Kier alpha value is -1.54. The summed E-state index contributed by atoms with van der Waals surface area (Å²) in [6.45, 7) is 0.442. The zero-order chi connectivity index (χ0) is 13.6. The number of hydrogen-bond donors (Lipinski definition) is 1. The normalized spacial score (nSPS) is 11.3. The molecule has 1 N–H and O–H groups in total. The monoisotopic (exact) mass is 341 g/mol. The second kappa shape index (κ2) is 4.53. The van der Waals surface area contributed by atoms with Crippen molar-refractivity contribution < 1.29 is 4.39 Å². The molecule has 98 valence electrons. The van der Waals surface area contributed by atoms with Crippen molar-refractivity contribution in [2.45, 2.75) is 6.54 Å². The van der Waals surface area contributed by atoms with Crippen LogP contribution in [-0.4, -0.2) is 24.3 Å². The minimum atomic E-state index is -0.327. The highest BCUT2D eigenvalue weighted by molar-refractivity contribution is 9.10. The van der Waals surface area contributed by atoms with Gasteiger partial charge in [0.05, 0.1) is 22.1 Å². The molecule has 0 amide bonds. The lowest BCUT2D eigenvalue weighted by Crippen LogP contribution is -2.02. The largest absolute Gasteiger partial charge is 0.330 e. The molecular formula is C11H9BrFN5S. The van der Waals surface area contributed by atoms with E-state index < -0.39 is 0 Å². The van der Waals surface area contributed by atoms with E-state index in [-0.39, 0.29) is 5.82 Å². The summed E-state index contributed by atoms with van der Waals surface area (Å²) >= 11 is 8.43. The summed E-state index contributed by atoms with van der Waals surface area (Å²) in [6, 6.07) is 3.11. The van der Waals surface area contributed by atoms with Crippen molar-refractivity contribution in [1.82, 2.24) is 24.3 Å². The van der Waals surface area contributed by atoms with Crippen molar-refractivity contribution in [3.05, 3.63) is 39.3 Å². The molecule has 19 heavy (non-hydrogen) atoms. The third-order valence-electron chi connectivity index (χ3n) is 2.76. The maximum absolute atomic E-state index is 13.5. The minimum Gasteiger partial charge on any atom is -0.330 e. The fraction of sp³-hybridized carbons (Fsp3) is 0.182. The predicted octanol–water partition coefficient (Wildman–Crippen LogP) is 2.78. The first-order chi connectivity index (χ1) is 9.04. The number of aromatic amines is 1. The van der Waals surface area contributed by atoms with Crippen molar-refractivity contribution in [3.63, 3.8) is 0 Å². The van der Waals surface area contributed by atoms with Gasteiger partial charge in [-0.15, -0.1) is 0 Å². The molecule has 0 aliphatic heterocycles. The summed E-state index contributed by atoms with van der Waals surface area (Å²) in [5.41, 5.74) is 1.47. The Labute approximate surface area is 121 Å². The molecule has 3 aromatic rings. The van der Waals surface area contributed by atoms with Crippen LogP contribution >= 0.6 is 28.1 Å². The Kier molecular flexibility index (Phi) is 2.98. The predicted molar refractivity (Wildman–Crippen MR) is 74.9 cm³/mol. The summed E-state index contributed by atoms with van der Waals surface area (Å²) in [7, 11) is 1.80. The third kappa shape index (κ3) is 2.21. The van der Waals surface area contributed by atoms with E-state index in [1.54, 1.807) is 24.1 Å². The van der Waals surface area contributed by atoms with Crippen LogP contribution < -0.4 is 0 Å². The summed E-state index contributed by atoms with van der Waals surface area (Å²) in [5.74, 6) is 0.326. The molecule has 3 rings (SSSR count). The van der Waals surface area contributed by atoms with Crippen molar-refractivity contribution in [2.24, 2.45) is 7.05 Å². The SMILES string of the molecule is Cn1cnc(Cn2c(=S)[nH]c3cc(F)c(Br)cc32)n1. The molecule has 1 aromatic carbocycles. The molecular weight excluding hydrogens is 333 g/mol. The fourth-order valence-corrected chi connectivity index (χ4v) is 2.51. The zero-order valence-corrected chi connectivity index (χ0v) is 12.3. The Bertz CT molecular complexity index is 818. The lowest BCUT2D eigenvalue weighted by molar-refractivity contribution is 0.622. The Morgan fingerprint density at radius 2 is 2.26 bits per heavy atom. The Morgan fingerprint density at radius 3 is 2.95 bits per heavy atom. The van der Waals surface area contributed by atoms with Gasteiger partial charge in [-0.3, -0.25) is 4.68 Å². The van der Waals surface area contributed by atoms with E-state index in [1.807, 2.05) is 4.57 Å². The molecule has 2 heterocycles. The van der Waals surface area contributed by atoms with E-state index >= 15 is 0 Å². The molecule has 0 atom stereocenters. The molecule has 5 nitrogen and oxygen atoms in total. The summed E-state index contributed by atoms with van der Waals surface area (Å²) in [5, 5.41) is 4.21. The Morgan fingerprint density at radius 1 is 1.47 bits per heavy atom. The van der Waals surface area contributed by atoms with Crippen LogP contribution in [0.3, 0.4) is 0 Å². The first kappa shape index (κ1) is 12.5. The number of H-pyrrole nitrogens is 1. The maximum atomic E-state index is 13.5. The quantitative estimate of drug-likeness (QED) is 0.729. The lowest BCUT2D eigenvalue weighted by atomic mass is 10.3. The van der Waals surface area contributed by atoms with Crippen molar-refractivity contribution in [3.8, 4) is 0 Å². The number of hydrogen-bond acceptors (Lipinski definition) is 3. The number of nitrogens with zero attached hydrogens (tertiary/aromatic N) is 4. The summed E-state index contributed by atoms with van der Waals surface area (Å²) < 4.78 is 17.9. The fourth-order valence-electron chi connectivity index (χ4n) is 1.91. The van der Waals surface area contributed by atoms with Gasteiger partial charge in [0.15, 0.2) is 10.6 Å². The maximum Gasteiger partial charge on any atom is 0.178 e. The van der Waals surface area contributed by atoms with Crippen LogP contribution in [0.1, 0.15) is 5.82 Å².